The summed E-state index contributed by atoms with van der Waals surface area (Å²) in [4.78, 5) is 24.5. The minimum atomic E-state index is -0.244. The van der Waals surface area contributed by atoms with Crippen LogP contribution in [0.4, 0.5) is 0 Å². The molecule has 1 amide bonds. The number of ether oxygens (including phenoxy) is 1. The van der Waals surface area contributed by atoms with Crippen LogP contribution in [0.25, 0.3) is 0 Å². The Bertz CT molecular complexity index is 284. The summed E-state index contributed by atoms with van der Waals surface area (Å²) < 4.78 is 4.52. The average Bonchev–Trinajstić information content (AvgIpc) is 2.34. The number of nitrogens with one attached hydrogen (secondary N) is 1. The summed E-state index contributed by atoms with van der Waals surface area (Å²) in [6.07, 6.45) is 3.04. The molecule has 104 valence electrons. The summed E-state index contributed by atoms with van der Waals surface area (Å²) in [5.41, 5.74) is 5.85. The van der Waals surface area contributed by atoms with Crippen LogP contribution >= 0.6 is 0 Å². The van der Waals surface area contributed by atoms with Gasteiger partial charge in [-0.2, -0.15) is 0 Å². The van der Waals surface area contributed by atoms with Crippen LogP contribution in [0.1, 0.15) is 25.7 Å². The highest BCUT2D eigenvalue weighted by molar-refractivity contribution is 5.78. The van der Waals surface area contributed by atoms with Gasteiger partial charge in [0.1, 0.15) is 0 Å². The number of esters is 1. The maximum absolute atomic E-state index is 11.6. The van der Waals surface area contributed by atoms with E-state index in [1.165, 1.54) is 7.11 Å². The maximum Gasteiger partial charge on any atom is 0.305 e. The van der Waals surface area contributed by atoms with E-state index in [2.05, 4.69) is 15.0 Å². The van der Waals surface area contributed by atoms with E-state index >= 15 is 0 Å². The zero-order valence-electron chi connectivity index (χ0n) is 11.0. The minimum absolute atomic E-state index is 0.00559. The fourth-order valence-electron chi connectivity index (χ4n) is 2.06. The SMILES string of the molecule is COC(=O)CCCNC(=O)CN1CCC[C@@H](N)C1. The fourth-order valence-corrected chi connectivity index (χ4v) is 2.06. The first kappa shape index (κ1) is 14.9. The number of amides is 1. The Labute approximate surface area is 108 Å². The van der Waals surface area contributed by atoms with E-state index in [0.29, 0.717) is 25.9 Å². The number of carbonyl (C=O) groups excluding carboxylic acids is 2. The smallest absolute Gasteiger partial charge is 0.305 e. The Morgan fingerprint density at radius 2 is 2.28 bits per heavy atom. The number of methoxy groups -OCH3 is 1. The third-order valence-corrected chi connectivity index (χ3v) is 3.02. The van der Waals surface area contributed by atoms with Crippen molar-refractivity contribution < 1.29 is 14.3 Å². The van der Waals surface area contributed by atoms with Gasteiger partial charge < -0.3 is 15.8 Å². The molecule has 3 N–H and O–H groups in total. The number of carbonyl (C=O) groups is 2. The summed E-state index contributed by atoms with van der Waals surface area (Å²) in [6, 6.07) is 0.186. The second-order valence-electron chi connectivity index (χ2n) is 4.67. The lowest BCUT2D eigenvalue weighted by molar-refractivity contribution is -0.140. The molecule has 6 nitrogen and oxygen atoms in total. The largest absolute Gasteiger partial charge is 0.469 e. The molecule has 1 rings (SSSR count). The summed E-state index contributed by atoms with van der Waals surface area (Å²) in [5.74, 6) is -0.250. The van der Waals surface area contributed by atoms with Gasteiger partial charge in [-0.1, -0.05) is 0 Å². The normalized spacial score (nSPS) is 20.4. The molecule has 0 spiro atoms. The Kier molecular flexibility index (Phi) is 6.67. The second kappa shape index (κ2) is 8.05. The number of piperidine rings is 1. The molecule has 1 heterocycles. The molecular weight excluding hydrogens is 234 g/mol. The molecule has 0 aromatic heterocycles. The Hall–Kier alpha value is -1.14. The van der Waals surface area contributed by atoms with Gasteiger partial charge in [0.05, 0.1) is 13.7 Å². The molecule has 0 aromatic carbocycles. The molecule has 0 unspecified atom stereocenters. The van der Waals surface area contributed by atoms with E-state index < -0.39 is 0 Å². The predicted molar refractivity (Wildman–Crippen MR) is 67.9 cm³/mol. The van der Waals surface area contributed by atoms with Crippen molar-refractivity contribution in [3.63, 3.8) is 0 Å². The highest BCUT2D eigenvalue weighted by Gasteiger charge is 2.18. The van der Waals surface area contributed by atoms with Crippen LogP contribution in [-0.2, 0) is 14.3 Å². The lowest BCUT2D eigenvalue weighted by atomic mass is 10.1. The van der Waals surface area contributed by atoms with Crippen molar-refractivity contribution >= 4 is 11.9 Å². The summed E-state index contributed by atoms with van der Waals surface area (Å²) in [7, 11) is 1.36. The standard InChI is InChI=1S/C12H23N3O3/c1-18-12(17)5-2-6-14-11(16)9-15-7-3-4-10(13)8-15/h10H,2-9,13H2,1H3,(H,14,16)/t10-/m1/s1. The third-order valence-electron chi connectivity index (χ3n) is 3.02. The molecule has 0 radical (unpaired) electrons. The highest BCUT2D eigenvalue weighted by Crippen LogP contribution is 2.07. The van der Waals surface area contributed by atoms with E-state index in [0.717, 1.165) is 25.9 Å². The molecule has 1 aliphatic rings. The molecule has 1 saturated heterocycles. The van der Waals surface area contributed by atoms with Crippen LogP contribution in [0.3, 0.4) is 0 Å². The van der Waals surface area contributed by atoms with Crippen LogP contribution < -0.4 is 11.1 Å². The Balaban J connectivity index is 2.08. The van der Waals surface area contributed by atoms with Crippen LogP contribution in [0.5, 0.6) is 0 Å². The first-order valence-electron chi connectivity index (χ1n) is 6.43. The third kappa shape index (κ3) is 5.97. The van der Waals surface area contributed by atoms with Crippen LogP contribution in [0.2, 0.25) is 0 Å². The van der Waals surface area contributed by atoms with Gasteiger partial charge in [-0.3, -0.25) is 14.5 Å². The van der Waals surface area contributed by atoms with Gasteiger partial charge in [-0.25, -0.2) is 0 Å². The lowest BCUT2D eigenvalue weighted by Crippen LogP contribution is -2.47. The van der Waals surface area contributed by atoms with Gasteiger partial charge in [0.15, 0.2) is 0 Å². The molecular formula is C12H23N3O3. The lowest BCUT2D eigenvalue weighted by Gasteiger charge is -2.29. The zero-order chi connectivity index (χ0) is 13.4. The molecule has 0 bridgehead atoms. The number of nitrogens with zero attached hydrogens (tertiary/aromatic N) is 1. The zero-order valence-corrected chi connectivity index (χ0v) is 11.0. The summed E-state index contributed by atoms with van der Waals surface area (Å²) in [5, 5.41) is 2.80. The maximum atomic E-state index is 11.6. The van der Waals surface area contributed by atoms with E-state index in [4.69, 9.17) is 5.73 Å². The monoisotopic (exact) mass is 257 g/mol. The van der Waals surface area contributed by atoms with Crippen molar-refractivity contribution in [2.45, 2.75) is 31.7 Å². The number of hydrogen-bond acceptors (Lipinski definition) is 5. The van der Waals surface area contributed by atoms with Crippen LogP contribution in [0.15, 0.2) is 0 Å². The molecule has 1 fully saturated rings. The van der Waals surface area contributed by atoms with Gasteiger partial charge in [0, 0.05) is 25.6 Å². The summed E-state index contributed by atoms with van der Waals surface area (Å²) >= 11 is 0. The average molecular weight is 257 g/mol. The minimum Gasteiger partial charge on any atom is -0.469 e. The molecule has 1 atom stereocenters. The number of hydrogen-bond donors (Lipinski definition) is 2. The predicted octanol–water partition coefficient (Wildman–Crippen LogP) is -0.521. The highest BCUT2D eigenvalue weighted by atomic mass is 16.5. The quantitative estimate of drug-likeness (QED) is 0.494. The van der Waals surface area contributed by atoms with Crippen molar-refractivity contribution in [1.29, 1.82) is 0 Å². The van der Waals surface area contributed by atoms with E-state index in [9.17, 15) is 9.59 Å². The van der Waals surface area contributed by atoms with Gasteiger partial charge >= 0.3 is 5.97 Å². The van der Waals surface area contributed by atoms with Crippen LogP contribution in [-0.4, -0.2) is 56.1 Å². The second-order valence-corrected chi connectivity index (χ2v) is 4.67. The van der Waals surface area contributed by atoms with Gasteiger partial charge in [-0.05, 0) is 25.8 Å². The molecule has 1 aliphatic heterocycles. The topological polar surface area (TPSA) is 84.7 Å². The van der Waals surface area contributed by atoms with Crippen molar-refractivity contribution in [1.82, 2.24) is 10.2 Å². The first-order valence-corrected chi connectivity index (χ1v) is 6.43. The van der Waals surface area contributed by atoms with Crippen molar-refractivity contribution in [2.24, 2.45) is 5.73 Å². The Morgan fingerprint density at radius 3 is 2.94 bits per heavy atom. The van der Waals surface area contributed by atoms with E-state index in [-0.39, 0.29) is 17.9 Å². The van der Waals surface area contributed by atoms with Gasteiger partial charge in [-0.15, -0.1) is 0 Å². The van der Waals surface area contributed by atoms with Crippen molar-refractivity contribution in [3.8, 4) is 0 Å². The summed E-state index contributed by atoms with van der Waals surface area (Å²) in [6.45, 7) is 2.62. The number of nitrogens with two attached hydrogens (primary N) is 1. The van der Waals surface area contributed by atoms with Crippen LogP contribution in [0, 0.1) is 0 Å². The van der Waals surface area contributed by atoms with Crippen molar-refractivity contribution in [2.75, 3.05) is 33.3 Å². The first-order chi connectivity index (χ1) is 8.61. The van der Waals surface area contributed by atoms with Gasteiger partial charge in [0.25, 0.3) is 0 Å². The van der Waals surface area contributed by atoms with E-state index in [1.54, 1.807) is 0 Å². The van der Waals surface area contributed by atoms with Crippen molar-refractivity contribution in [3.05, 3.63) is 0 Å². The molecule has 0 aromatic rings. The van der Waals surface area contributed by atoms with E-state index in [1.807, 2.05) is 0 Å². The Morgan fingerprint density at radius 1 is 1.50 bits per heavy atom. The number of rotatable bonds is 6. The molecule has 0 saturated carbocycles. The fraction of sp³-hybridized carbons (Fsp3) is 0.833. The molecule has 6 heteroatoms. The van der Waals surface area contributed by atoms with Gasteiger partial charge in [0.2, 0.25) is 5.91 Å². The molecule has 18 heavy (non-hydrogen) atoms. The number of likely N-dealkylation sites (tertiary alicyclic amines) is 1. The molecule has 0 aliphatic carbocycles.